The molecule has 4 heterocycles. The standard InChI is InChI=1S/C27H25N3O5/c1-33-22-10-9-16(12-23(22)34-2)26-25-19(18-7-3-4-8-20(18)28-25)13-21-27(32)29(15-24(31)30(21)26)14-17-6-5-11-35-17/h3-12,21,26,28H,13-15H2,1-2H3/t21-,26-/m0/s1. The van der Waals surface area contributed by atoms with Crippen LogP contribution in [-0.2, 0) is 22.6 Å². The van der Waals surface area contributed by atoms with E-state index in [4.69, 9.17) is 13.9 Å². The van der Waals surface area contributed by atoms with Gasteiger partial charge in [0, 0.05) is 23.0 Å². The number of nitrogens with zero attached hydrogens (tertiary/aromatic N) is 2. The van der Waals surface area contributed by atoms with Crippen molar-refractivity contribution in [2.45, 2.75) is 25.0 Å². The highest BCUT2D eigenvalue weighted by molar-refractivity contribution is 5.97. The number of para-hydroxylation sites is 1. The Bertz CT molecular complexity index is 1420. The summed E-state index contributed by atoms with van der Waals surface area (Å²) in [6.45, 7) is 0.263. The third-order valence-electron chi connectivity index (χ3n) is 6.99. The predicted molar refractivity (Wildman–Crippen MR) is 128 cm³/mol. The van der Waals surface area contributed by atoms with Crippen molar-refractivity contribution in [3.8, 4) is 11.5 Å². The summed E-state index contributed by atoms with van der Waals surface area (Å²) in [5.41, 5.74) is 3.81. The van der Waals surface area contributed by atoms with Gasteiger partial charge < -0.3 is 28.7 Å². The quantitative estimate of drug-likeness (QED) is 0.480. The van der Waals surface area contributed by atoms with Crippen LogP contribution < -0.4 is 9.47 Å². The van der Waals surface area contributed by atoms with E-state index in [-0.39, 0.29) is 24.9 Å². The number of hydrogen-bond donors (Lipinski definition) is 1. The van der Waals surface area contributed by atoms with E-state index >= 15 is 0 Å². The SMILES string of the molecule is COc1ccc([C@H]2c3[nH]c4ccccc4c3C[C@H]3C(=O)N(Cc4ccco4)CC(=O)N23)cc1OC. The van der Waals surface area contributed by atoms with E-state index in [0.29, 0.717) is 23.7 Å². The van der Waals surface area contributed by atoms with Gasteiger partial charge in [0.1, 0.15) is 18.3 Å². The van der Waals surface area contributed by atoms with Crippen molar-refractivity contribution in [1.29, 1.82) is 0 Å². The highest BCUT2D eigenvalue weighted by Crippen LogP contribution is 2.44. The number of nitrogens with one attached hydrogen (secondary N) is 1. The molecule has 178 valence electrons. The summed E-state index contributed by atoms with van der Waals surface area (Å²) < 4.78 is 16.4. The number of carbonyl (C=O) groups excluding carboxylic acids is 2. The van der Waals surface area contributed by atoms with Gasteiger partial charge in [0.25, 0.3) is 0 Å². The Kier molecular flexibility index (Phi) is 5.02. The average Bonchev–Trinajstić information content (AvgIpc) is 3.53. The van der Waals surface area contributed by atoms with Gasteiger partial charge in [0.2, 0.25) is 11.8 Å². The van der Waals surface area contributed by atoms with Crippen molar-refractivity contribution in [2.75, 3.05) is 20.8 Å². The van der Waals surface area contributed by atoms with E-state index in [0.717, 1.165) is 27.7 Å². The zero-order valence-corrected chi connectivity index (χ0v) is 19.5. The Labute approximate surface area is 202 Å². The lowest BCUT2D eigenvalue weighted by Crippen LogP contribution is -2.62. The van der Waals surface area contributed by atoms with Crippen LogP contribution in [0.2, 0.25) is 0 Å². The van der Waals surface area contributed by atoms with Gasteiger partial charge in [-0.3, -0.25) is 9.59 Å². The number of benzene rings is 2. The van der Waals surface area contributed by atoms with Crippen LogP contribution in [0.3, 0.4) is 0 Å². The molecule has 1 N–H and O–H groups in total. The molecule has 2 aliphatic rings. The number of ether oxygens (including phenoxy) is 2. The molecule has 1 saturated heterocycles. The number of methoxy groups -OCH3 is 2. The molecule has 2 aromatic carbocycles. The van der Waals surface area contributed by atoms with Crippen molar-refractivity contribution >= 4 is 22.7 Å². The molecular weight excluding hydrogens is 446 g/mol. The van der Waals surface area contributed by atoms with Crippen molar-refractivity contribution in [3.05, 3.63) is 83.4 Å². The number of rotatable bonds is 5. The first-order chi connectivity index (χ1) is 17.1. The van der Waals surface area contributed by atoms with Crippen LogP contribution in [0, 0.1) is 0 Å². The lowest BCUT2D eigenvalue weighted by molar-refractivity contribution is -0.159. The van der Waals surface area contributed by atoms with Gasteiger partial charge in [-0.05, 0) is 41.5 Å². The molecule has 35 heavy (non-hydrogen) atoms. The van der Waals surface area contributed by atoms with Crippen LogP contribution in [0.25, 0.3) is 10.9 Å². The topological polar surface area (TPSA) is 88.0 Å². The maximum Gasteiger partial charge on any atom is 0.246 e. The zero-order valence-electron chi connectivity index (χ0n) is 19.5. The second kappa shape index (κ2) is 8.23. The van der Waals surface area contributed by atoms with Crippen molar-refractivity contribution in [2.24, 2.45) is 0 Å². The van der Waals surface area contributed by atoms with E-state index in [9.17, 15) is 9.59 Å². The fourth-order valence-corrected chi connectivity index (χ4v) is 5.42. The van der Waals surface area contributed by atoms with E-state index in [1.807, 2.05) is 42.5 Å². The smallest absolute Gasteiger partial charge is 0.246 e. The molecule has 2 amide bonds. The normalized spacial score (nSPS) is 19.6. The number of aromatic nitrogens is 1. The monoisotopic (exact) mass is 471 g/mol. The molecule has 0 spiro atoms. The number of carbonyl (C=O) groups is 2. The number of aromatic amines is 1. The molecule has 2 atom stereocenters. The molecule has 2 aromatic heterocycles. The number of fused-ring (bicyclic) bond motifs is 4. The van der Waals surface area contributed by atoms with Gasteiger partial charge in [0.15, 0.2) is 11.5 Å². The fraction of sp³-hybridized carbons (Fsp3) is 0.259. The van der Waals surface area contributed by atoms with Crippen molar-refractivity contribution in [3.63, 3.8) is 0 Å². The minimum absolute atomic E-state index is 0.00458. The highest BCUT2D eigenvalue weighted by atomic mass is 16.5. The minimum atomic E-state index is -0.615. The van der Waals surface area contributed by atoms with Crippen LogP contribution in [0.1, 0.15) is 28.6 Å². The third kappa shape index (κ3) is 3.36. The van der Waals surface area contributed by atoms with Gasteiger partial charge in [-0.25, -0.2) is 0 Å². The zero-order chi connectivity index (χ0) is 24.1. The Hall–Kier alpha value is -4.20. The number of piperazine rings is 1. The van der Waals surface area contributed by atoms with Crippen LogP contribution in [0.15, 0.2) is 65.3 Å². The second-order valence-electron chi connectivity index (χ2n) is 8.87. The third-order valence-corrected chi connectivity index (χ3v) is 6.99. The van der Waals surface area contributed by atoms with Gasteiger partial charge in [0.05, 0.1) is 33.1 Å². The Morgan fingerprint density at radius 1 is 1.03 bits per heavy atom. The number of amides is 2. The highest BCUT2D eigenvalue weighted by Gasteiger charge is 2.48. The summed E-state index contributed by atoms with van der Waals surface area (Å²) in [6, 6.07) is 16.2. The van der Waals surface area contributed by atoms with Crippen LogP contribution >= 0.6 is 0 Å². The van der Waals surface area contributed by atoms with Gasteiger partial charge in [-0.15, -0.1) is 0 Å². The molecule has 0 bridgehead atoms. The molecule has 2 aliphatic heterocycles. The maximum atomic E-state index is 13.7. The fourth-order valence-electron chi connectivity index (χ4n) is 5.42. The van der Waals surface area contributed by atoms with E-state index in [1.54, 1.807) is 36.3 Å². The first-order valence-electron chi connectivity index (χ1n) is 11.5. The number of H-pyrrole nitrogens is 1. The largest absolute Gasteiger partial charge is 0.493 e. The average molecular weight is 472 g/mol. The molecule has 1 fully saturated rings. The molecular formula is C27H25N3O5. The van der Waals surface area contributed by atoms with Crippen molar-refractivity contribution < 1.29 is 23.5 Å². The van der Waals surface area contributed by atoms with Crippen LogP contribution in [0.4, 0.5) is 0 Å². The molecule has 8 nitrogen and oxygen atoms in total. The molecule has 0 unspecified atom stereocenters. The molecule has 0 saturated carbocycles. The Morgan fingerprint density at radius 2 is 1.86 bits per heavy atom. The van der Waals surface area contributed by atoms with E-state index in [1.165, 1.54) is 0 Å². The summed E-state index contributed by atoms with van der Waals surface area (Å²) in [7, 11) is 3.17. The first kappa shape index (κ1) is 21.3. The molecule has 0 aliphatic carbocycles. The molecule has 6 rings (SSSR count). The van der Waals surface area contributed by atoms with Crippen molar-refractivity contribution in [1.82, 2.24) is 14.8 Å². The van der Waals surface area contributed by atoms with Gasteiger partial charge in [-0.2, -0.15) is 0 Å². The Balaban J connectivity index is 1.49. The summed E-state index contributed by atoms with van der Waals surface area (Å²) in [4.78, 5) is 34.2. The summed E-state index contributed by atoms with van der Waals surface area (Å²) in [6.07, 6.45) is 2.02. The lowest BCUT2D eigenvalue weighted by atomic mass is 9.86. The summed E-state index contributed by atoms with van der Waals surface area (Å²) in [5, 5.41) is 1.07. The first-order valence-corrected chi connectivity index (χ1v) is 11.5. The number of hydrogen-bond acceptors (Lipinski definition) is 5. The molecule has 4 aromatic rings. The lowest BCUT2D eigenvalue weighted by Gasteiger charge is -2.47. The summed E-state index contributed by atoms with van der Waals surface area (Å²) in [5.74, 6) is 1.64. The molecule has 0 radical (unpaired) electrons. The minimum Gasteiger partial charge on any atom is -0.493 e. The molecule has 8 heteroatoms. The maximum absolute atomic E-state index is 13.7. The van der Waals surface area contributed by atoms with Crippen LogP contribution in [-0.4, -0.2) is 53.4 Å². The van der Waals surface area contributed by atoms with Crippen LogP contribution in [0.5, 0.6) is 11.5 Å². The van der Waals surface area contributed by atoms with Gasteiger partial charge >= 0.3 is 0 Å². The summed E-state index contributed by atoms with van der Waals surface area (Å²) >= 11 is 0. The Morgan fingerprint density at radius 3 is 2.63 bits per heavy atom. The number of furan rings is 1. The second-order valence-corrected chi connectivity index (χ2v) is 8.87. The predicted octanol–water partition coefficient (Wildman–Crippen LogP) is 3.66. The van der Waals surface area contributed by atoms with E-state index in [2.05, 4.69) is 11.1 Å². The van der Waals surface area contributed by atoms with Gasteiger partial charge in [-0.1, -0.05) is 24.3 Å². The van der Waals surface area contributed by atoms with E-state index < -0.39 is 12.1 Å².